The molecule has 1 heterocycles. The van der Waals surface area contributed by atoms with Crippen molar-refractivity contribution in [2.45, 2.75) is 104 Å². The fourth-order valence-corrected chi connectivity index (χ4v) is 7.57. The minimum absolute atomic E-state index is 0.0645. The lowest BCUT2D eigenvalue weighted by molar-refractivity contribution is -0.141. The molecular weight excluding hydrogens is 760 g/mol. The molecule has 2 atom stereocenters. The number of benzene rings is 4. The number of rotatable bonds is 22. The van der Waals surface area contributed by atoms with Gasteiger partial charge in [-0.15, -0.1) is 0 Å². The van der Waals surface area contributed by atoms with Crippen molar-refractivity contribution in [3.05, 3.63) is 142 Å². The molecule has 0 bridgehead atoms. The van der Waals surface area contributed by atoms with Gasteiger partial charge >= 0.3 is 12.0 Å². The minimum atomic E-state index is -0.746. The molecule has 2 N–H and O–H groups in total. The van der Waals surface area contributed by atoms with Crippen LogP contribution in [0.15, 0.2) is 120 Å². The first-order valence-corrected chi connectivity index (χ1v) is 21.6. The standard InChI is InChI=1S/C49H59ClN4O5/c1-4-6-8-17-34-54(46(47(56)51-32-7-5-2)41-26-24-39(25-27-41)38-21-14-10-15-22-38)43(55)23-16-11-18-33-53-36(3)44(48(57)59-35-37-19-12-9-13-20-37)45(52-49(53)58)40-28-30-42(50)31-29-40/h9-10,12-15,19-22,24-31,45-46H,4-8,11,16-18,23,32-35H2,1-3H3,(H,51,56)(H,52,58). The Morgan fingerprint density at radius 1 is 0.780 bits per heavy atom. The average molecular weight is 819 g/mol. The minimum Gasteiger partial charge on any atom is -0.457 e. The summed E-state index contributed by atoms with van der Waals surface area (Å²) in [5.41, 5.74) is 5.38. The third kappa shape index (κ3) is 12.8. The Kier molecular flexibility index (Phi) is 17.6. The molecule has 2 unspecified atom stereocenters. The number of ether oxygens (including phenoxy) is 1. The number of amides is 4. The van der Waals surface area contributed by atoms with Gasteiger partial charge in [0.05, 0.1) is 11.6 Å². The molecule has 0 saturated carbocycles. The molecule has 0 aromatic heterocycles. The molecule has 0 fully saturated rings. The highest BCUT2D eigenvalue weighted by atomic mass is 35.5. The molecule has 5 rings (SSSR count). The predicted octanol–water partition coefficient (Wildman–Crippen LogP) is 10.7. The molecule has 0 saturated heterocycles. The summed E-state index contributed by atoms with van der Waals surface area (Å²) >= 11 is 6.17. The van der Waals surface area contributed by atoms with Crippen LogP contribution in [0.3, 0.4) is 0 Å². The highest BCUT2D eigenvalue weighted by Crippen LogP contribution is 2.33. The van der Waals surface area contributed by atoms with Gasteiger partial charge in [-0.3, -0.25) is 14.5 Å². The largest absolute Gasteiger partial charge is 0.457 e. The van der Waals surface area contributed by atoms with E-state index < -0.39 is 18.1 Å². The molecule has 59 heavy (non-hydrogen) atoms. The van der Waals surface area contributed by atoms with Gasteiger partial charge in [0.2, 0.25) is 11.8 Å². The molecule has 4 aromatic carbocycles. The van der Waals surface area contributed by atoms with Gasteiger partial charge in [-0.2, -0.15) is 0 Å². The zero-order valence-electron chi connectivity index (χ0n) is 34.8. The number of nitrogens with one attached hydrogen (secondary N) is 2. The van der Waals surface area contributed by atoms with Crippen molar-refractivity contribution in [3.8, 4) is 11.1 Å². The van der Waals surface area contributed by atoms with Crippen LogP contribution in [0, 0.1) is 0 Å². The maximum Gasteiger partial charge on any atom is 0.338 e. The molecule has 1 aliphatic rings. The first-order valence-electron chi connectivity index (χ1n) is 21.2. The molecular formula is C49H59ClN4O5. The third-order valence-corrected chi connectivity index (χ3v) is 11.1. The summed E-state index contributed by atoms with van der Waals surface area (Å²) in [5.74, 6) is -0.739. The lowest BCUT2D eigenvalue weighted by Gasteiger charge is -2.35. The van der Waals surface area contributed by atoms with Crippen molar-refractivity contribution in [2.75, 3.05) is 19.6 Å². The number of allylic oxidation sites excluding steroid dienone is 1. The monoisotopic (exact) mass is 818 g/mol. The quantitative estimate of drug-likeness (QED) is 0.0606. The molecule has 1 aliphatic heterocycles. The van der Waals surface area contributed by atoms with Crippen LogP contribution in [-0.4, -0.2) is 53.2 Å². The van der Waals surface area contributed by atoms with Crippen molar-refractivity contribution in [2.24, 2.45) is 0 Å². The zero-order chi connectivity index (χ0) is 42.0. The SMILES string of the molecule is CCCCCCN(C(=O)CCCCCN1C(=O)NC(c2ccc(Cl)cc2)C(C(=O)OCc2ccccc2)=C1C)C(C(=O)NCCCC)c1ccc(-c2ccccc2)cc1. The number of urea groups is 1. The molecule has 4 aromatic rings. The van der Waals surface area contributed by atoms with Crippen molar-refractivity contribution in [3.63, 3.8) is 0 Å². The van der Waals surface area contributed by atoms with Gasteiger partial charge < -0.3 is 20.3 Å². The number of halogens is 1. The topological polar surface area (TPSA) is 108 Å². The number of nitrogens with zero attached hydrogens (tertiary/aromatic N) is 2. The van der Waals surface area contributed by atoms with E-state index in [9.17, 15) is 19.2 Å². The number of unbranched alkanes of at least 4 members (excludes halogenated alkanes) is 6. The summed E-state index contributed by atoms with van der Waals surface area (Å²) in [6, 6.07) is 32.8. The molecule has 10 heteroatoms. The fraction of sp³-hybridized carbons (Fsp3) is 0.388. The van der Waals surface area contributed by atoms with Crippen LogP contribution in [-0.2, 0) is 25.7 Å². The highest BCUT2D eigenvalue weighted by Gasteiger charge is 2.36. The summed E-state index contributed by atoms with van der Waals surface area (Å²) in [6.07, 6.45) is 7.85. The number of esters is 1. The smallest absolute Gasteiger partial charge is 0.338 e. The Labute approximate surface area is 355 Å². The Morgan fingerprint density at radius 2 is 1.42 bits per heavy atom. The lowest BCUT2D eigenvalue weighted by atomic mass is 9.94. The maximum absolute atomic E-state index is 14.2. The van der Waals surface area contributed by atoms with Crippen LogP contribution < -0.4 is 10.6 Å². The second-order valence-corrected chi connectivity index (χ2v) is 15.6. The summed E-state index contributed by atoms with van der Waals surface area (Å²) < 4.78 is 5.78. The summed E-state index contributed by atoms with van der Waals surface area (Å²) in [7, 11) is 0. The van der Waals surface area contributed by atoms with Crippen LogP contribution in [0.5, 0.6) is 0 Å². The van der Waals surface area contributed by atoms with E-state index in [2.05, 4.69) is 36.6 Å². The number of carbonyl (C=O) groups excluding carboxylic acids is 4. The Bertz CT molecular complexity index is 1990. The third-order valence-electron chi connectivity index (χ3n) is 10.8. The van der Waals surface area contributed by atoms with E-state index in [4.69, 9.17) is 16.3 Å². The van der Waals surface area contributed by atoms with Crippen molar-refractivity contribution in [1.29, 1.82) is 0 Å². The van der Waals surface area contributed by atoms with Crippen LogP contribution in [0.4, 0.5) is 4.79 Å². The predicted molar refractivity (Wildman–Crippen MR) is 235 cm³/mol. The first kappa shape index (κ1) is 44.7. The van der Waals surface area contributed by atoms with Crippen molar-refractivity contribution in [1.82, 2.24) is 20.4 Å². The number of hydrogen-bond acceptors (Lipinski definition) is 5. The van der Waals surface area contributed by atoms with E-state index in [0.29, 0.717) is 55.2 Å². The summed E-state index contributed by atoms with van der Waals surface area (Å²) in [6.45, 7) is 7.51. The van der Waals surface area contributed by atoms with Crippen LogP contribution >= 0.6 is 11.6 Å². The van der Waals surface area contributed by atoms with Gasteiger partial charge in [-0.25, -0.2) is 9.59 Å². The summed E-state index contributed by atoms with van der Waals surface area (Å²) in [5, 5.41) is 6.68. The van der Waals surface area contributed by atoms with Gasteiger partial charge in [0.15, 0.2) is 0 Å². The van der Waals surface area contributed by atoms with Crippen LogP contribution in [0.2, 0.25) is 5.02 Å². The summed E-state index contributed by atoms with van der Waals surface area (Å²) in [4.78, 5) is 58.8. The maximum atomic E-state index is 14.2. The van der Waals surface area contributed by atoms with Gasteiger partial charge in [-0.1, -0.05) is 155 Å². The Morgan fingerprint density at radius 3 is 2.10 bits per heavy atom. The van der Waals surface area contributed by atoms with Crippen LogP contribution in [0.25, 0.3) is 11.1 Å². The number of carbonyl (C=O) groups is 4. The van der Waals surface area contributed by atoms with Crippen molar-refractivity contribution >= 4 is 35.4 Å². The average Bonchev–Trinajstić information content (AvgIpc) is 3.25. The molecule has 0 spiro atoms. The second-order valence-electron chi connectivity index (χ2n) is 15.1. The Balaban J connectivity index is 1.28. The molecule has 4 amide bonds. The van der Waals surface area contributed by atoms with Crippen LogP contribution in [0.1, 0.15) is 114 Å². The van der Waals surface area contributed by atoms with Crippen molar-refractivity contribution < 1.29 is 23.9 Å². The van der Waals surface area contributed by atoms with E-state index in [1.807, 2.05) is 72.8 Å². The molecule has 312 valence electrons. The van der Waals surface area contributed by atoms with Gasteiger partial charge in [-0.05, 0) is 72.6 Å². The lowest BCUT2D eigenvalue weighted by Crippen LogP contribution is -2.48. The number of hydrogen-bond donors (Lipinski definition) is 2. The molecule has 0 radical (unpaired) electrons. The first-order chi connectivity index (χ1) is 28.7. The molecule has 9 nitrogen and oxygen atoms in total. The van der Waals surface area contributed by atoms with E-state index in [0.717, 1.165) is 66.3 Å². The van der Waals surface area contributed by atoms with Gasteiger partial charge in [0.25, 0.3) is 0 Å². The van der Waals surface area contributed by atoms with E-state index in [1.165, 1.54) is 0 Å². The highest BCUT2D eigenvalue weighted by molar-refractivity contribution is 6.30. The van der Waals surface area contributed by atoms with E-state index in [1.54, 1.807) is 41.0 Å². The van der Waals surface area contributed by atoms with E-state index in [-0.39, 0.29) is 30.9 Å². The van der Waals surface area contributed by atoms with Gasteiger partial charge in [0.1, 0.15) is 12.6 Å². The fourth-order valence-electron chi connectivity index (χ4n) is 7.44. The normalized spacial score (nSPS) is 14.4. The zero-order valence-corrected chi connectivity index (χ0v) is 35.5. The molecule has 0 aliphatic carbocycles. The van der Waals surface area contributed by atoms with E-state index >= 15 is 0 Å². The Hall–Kier alpha value is -5.41. The van der Waals surface area contributed by atoms with Gasteiger partial charge in [0, 0.05) is 36.8 Å². The second kappa shape index (κ2) is 23.2.